The number of amides is 1. The molecule has 0 spiro atoms. The molecule has 0 aliphatic heterocycles. The van der Waals surface area contributed by atoms with Crippen LogP contribution in [0.4, 0.5) is 0 Å². The molecule has 1 amide bonds. The summed E-state index contributed by atoms with van der Waals surface area (Å²) >= 11 is 0. The number of benzene rings is 1. The van der Waals surface area contributed by atoms with Gasteiger partial charge in [-0.3, -0.25) is 4.79 Å². The second-order valence-corrected chi connectivity index (χ2v) is 5.75. The van der Waals surface area contributed by atoms with Crippen LogP contribution in [-0.2, 0) is 4.74 Å². The molecule has 0 fully saturated rings. The van der Waals surface area contributed by atoms with Gasteiger partial charge in [0.2, 0.25) is 0 Å². The van der Waals surface area contributed by atoms with Crippen LogP contribution in [0.1, 0.15) is 28.0 Å². The van der Waals surface area contributed by atoms with E-state index in [9.17, 15) is 4.79 Å². The summed E-state index contributed by atoms with van der Waals surface area (Å²) in [4.78, 5) is 16.6. The maximum Gasteiger partial charge on any atom is 0.251 e. The Balaban J connectivity index is 1.88. The van der Waals surface area contributed by atoms with E-state index in [-0.39, 0.29) is 5.91 Å². The third kappa shape index (κ3) is 5.03. The van der Waals surface area contributed by atoms with E-state index < -0.39 is 0 Å². The normalized spacial score (nSPS) is 10.1. The van der Waals surface area contributed by atoms with Crippen LogP contribution < -0.4 is 5.32 Å². The number of hydrogen-bond donors (Lipinski definition) is 1. The van der Waals surface area contributed by atoms with E-state index in [1.54, 1.807) is 36.3 Å². The topological polar surface area (TPSA) is 69.0 Å². The van der Waals surface area contributed by atoms with Crippen LogP contribution in [0.15, 0.2) is 61.1 Å². The Morgan fingerprint density at radius 2 is 2.11 bits per heavy atom. The number of nitrogens with zero attached hydrogens (tertiary/aromatic N) is 3. The highest BCUT2D eigenvalue weighted by Gasteiger charge is 2.10. The van der Waals surface area contributed by atoms with Gasteiger partial charge in [0.05, 0.1) is 11.3 Å². The van der Waals surface area contributed by atoms with Crippen molar-refractivity contribution in [3.63, 3.8) is 0 Å². The minimum absolute atomic E-state index is 0.140. The molecule has 0 radical (unpaired) electrons. The maximum absolute atomic E-state index is 12.4. The number of carbonyl (C=O) groups is 1. The van der Waals surface area contributed by atoms with Gasteiger partial charge in [-0.05, 0) is 48.7 Å². The predicted octanol–water partition coefficient (Wildman–Crippen LogP) is 2.43. The second-order valence-electron chi connectivity index (χ2n) is 5.75. The molecule has 0 unspecified atom stereocenters. The molecular formula is C21H20N4O2. The fourth-order valence-electron chi connectivity index (χ4n) is 2.48. The smallest absolute Gasteiger partial charge is 0.251 e. The van der Waals surface area contributed by atoms with Gasteiger partial charge in [-0.15, -0.1) is 0 Å². The molecule has 0 atom stereocenters. The average molecular weight is 360 g/mol. The zero-order valence-corrected chi connectivity index (χ0v) is 15.1. The zero-order valence-electron chi connectivity index (χ0n) is 15.1. The molecule has 1 N–H and O–H groups in total. The summed E-state index contributed by atoms with van der Waals surface area (Å²) in [5.74, 6) is 6.02. The van der Waals surface area contributed by atoms with Crippen LogP contribution in [0.2, 0.25) is 0 Å². The van der Waals surface area contributed by atoms with Gasteiger partial charge in [0, 0.05) is 44.4 Å². The van der Waals surface area contributed by atoms with E-state index in [0.29, 0.717) is 30.0 Å². The number of pyridine rings is 1. The Morgan fingerprint density at radius 3 is 2.85 bits per heavy atom. The zero-order chi connectivity index (χ0) is 18.9. The lowest BCUT2D eigenvalue weighted by molar-refractivity contribution is 0.0948. The molecule has 0 saturated carbocycles. The van der Waals surface area contributed by atoms with Crippen LogP contribution in [0, 0.1) is 11.8 Å². The molecule has 1 aromatic carbocycles. The Kier molecular flexibility index (Phi) is 6.34. The molecule has 6 heteroatoms. The monoisotopic (exact) mass is 360 g/mol. The number of hydrogen-bond acceptors (Lipinski definition) is 4. The summed E-state index contributed by atoms with van der Waals surface area (Å²) in [5, 5.41) is 7.15. The van der Waals surface area contributed by atoms with Crippen molar-refractivity contribution in [2.75, 3.05) is 20.3 Å². The Morgan fingerprint density at radius 1 is 1.19 bits per heavy atom. The lowest BCUT2D eigenvalue weighted by Crippen LogP contribution is -2.25. The Hall–Kier alpha value is -3.43. The number of rotatable bonds is 6. The van der Waals surface area contributed by atoms with Crippen molar-refractivity contribution in [3.8, 4) is 17.5 Å². The maximum atomic E-state index is 12.4. The number of methoxy groups -OCH3 is 1. The van der Waals surface area contributed by atoms with Crippen molar-refractivity contribution in [2.24, 2.45) is 0 Å². The van der Waals surface area contributed by atoms with Gasteiger partial charge in [0.25, 0.3) is 5.91 Å². The van der Waals surface area contributed by atoms with Gasteiger partial charge in [0.1, 0.15) is 5.69 Å². The number of aromatic nitrogens is 3. The first-order valence-electron chi connectivity index (χ1n) is 8.62. The fraction of sp³-hybridized carbons (Fsp3) is 0.190. The van der Waals surface area contributed by atoms with Crippen LogP contribution >= 0.6 is 0 Å². The number of ether oxygens (including phenoxy) is 1. The predicted molar refractivity (Wildman–Crippen MR) is 103 cm³/mol. The molecule has 0 bridgehead atoms. The SMILES string of the molecule is COCCCNC(=O)c1ccc(-n2cccn2)c(C#Cc2ccccn2)c1. The molecule has 0 saturated heterocycles. The molecule has 2 heterocycles. The van der Waals surface area contributed by atoms with E-state index >= 15 is 0 Å². The lowest BCUT2D eigenvalue weighted by atomic mass is 10.1. The fourth-order valence-corrected chi connectivity index (χ4v) is 2.48. The highest BCUT2D eigenvalue weighted by molar-refractivity contribution is 5.95. The molecule has 3 rings (SSSR count). The molecule has 136 valence electrons. The molecule has 27 heavy (non-hydrogen) atoms. The minimum Gasteiger partial charge on any atom is -0.385 e. The van der Waals surface area contributed by atoms with Crippen LogP contribution in [0.3, 0.4) is 0 Å². The first-order valence-corrected chi connectivity index (χ1v) is 8.62. The second kappa shape index (κ2) is 9.32. The van der Waals surface area contributed by atoms with Crippen LogP contribution in [-0.4, -0.2) is 40.9 Å². The Labute approximate surface area is 158 Å². The van der Waals surface area contributed by atoms with Gasteiger partial charge in [-0.1, -0.05) is 12.0 Å². The van der Waals surface area contributed by atoms with Crippen molar-refractivity contribution in [2.45, 2.75) is 6.42 Å². The van der Waals surface area contributed by atoms with Gasteiger partial charge < -0.3 is 10.1 Å². The first-order chi connectivity index (χ1) is 13.3. The van der Waals surface area contributed by atoms with Gasteiger partial charge in [0.15, 0.2) is 0 Å². The van der Waals surface area contributed by atoms with Gasteiger partial charge >= 0.3 is 0 Å². The van der Waals surface area contributed by atoms with Crippen molar-refractivity contribution in [1.82, 2.24) is 20.1 Å². The summed E-state index contributed by atoms with van der Waals surface area (Å²) in [6.45, 7) is 1.17. The van der Waals surface area contributed by atoms with Gasteiger partial charge in [-0.2, -0.15) is 5.10 Å². The number of nitrogens with one attached hydrogen (secondary N) is 1. The van der Waals surface area contributed by atoms with E-state index in [2.05, 4.69) is 27.2 Å². The van der Waals surface area contributed by atoms with Crippen LogP contribution in [0.25, 0.3) is 5.69 Å². The van der Waals surface area contributed by atoms with Crippen molar-refractivity contribution in [3.05, 3.63) is 77.9 Å². The minimum atomic E-state index is -0.140. The summed E-state index contributed by atoms with van der Waals surface area (Å²) in [6.07, 6.45) is 6.00. The highest BCUT2D eigenvalue weighted by atomic mass is 16.5. The molecule has 2 aromatic heterocycles. The van der Waals surface area contributed by atoms with E-state index in [0.717, 1.165) is 12.1 Å². The third-order valence-electron chi connectivity index (χ3n) is 3.81. The summed E-state index contributed by atoms with van der Waals surface area (Å²) in [7, 11) is 1.64. The van der Waals surface area contributed by atoms with Gasteiger partial charge in [-0.25, -0.2) is 9.67 Å². The van der Waals surface area contributed by atoms with Crippen molar-refractivity contribution < 1.29 is 9.53 Å². The summed E-state index contributed by atoms with van der Waals surface area (Å²) < 4.78 is 6.72. The average Bonchev–Trinajstić information content (AvgIpc) is 3.25. The molecule has 0 aliphatic carbocycles. The van der Waals surface area contributed by atoms with E-state index in [4.69, 9.17) is 4.74 Å². The standard InChI is InChI=1S/C21H20N4O2/c1-27-15-5-12-23-21(26)18-8-10-20(25-14-4-13-24-25)17(16-18)7-9-19-6-2-3-11-22-19/h2-4,6,8,10-11,13-14,16H,5,12,15H2,1H3,(H,23,26). The summed E-state index contributed by atoms with van der Waals surface area (Å²) in [6, 6.07) is 12.8. The largest absolute Gasteiger partial charge is 0.385 e. The van der Waals surface area contributed by atoms with E-state index in [1.807, 2.05) is 36.5 Å². The Bertz CT molecular complexity index is 941. The molecular weight excluding hydrogens is 340 g/mol. The third-order valence-corrected chi connectivity index (χ3v) is 3.81. The molecule has 0 aliphatic rings. The quantitative estimate of drug-likeness (QED) is 0.541. The van der Waals surface area contributed by atoms with Crippen molar-refractivity contribution >= 4 is 5.91 Å². The van der Waals surface area contributed by atoms with Crippen LogP contribution in [0.5, 0.6) is 0 Å². The number of carbonyl (C=O) groups excluding carboxylic acids is 1. The molecule has 6 nitrogen and oxygen atoms in total. The first kappa shape index (κ1) is 18.4. The lowest BCUT2D eigenvalue weighted by Gasteiger charge is -2.09. The molecule has 3 aromatic rings. The highest BCUT2D eigenvalue weighted by Crippen LogP contribution is 2.16. The van der Waals surface area contributed by atoms with Crippen molar-refractivity contribution in [1.29, 1.82) is 0 Å². The summed E-state index contributed by atoms with van der Waals surface area (Å²) in [5.41, 5.74) is 2.72. The van der Waals surface area contributed by atoms with E-state index in [1.165, 1.54) is 0 Å².